The fourth-order valence-corrected chi connectivity index (χ4v) is 2.97. The number of carbonyl (C=O) groups is 1. The van der Waals surface area contributed by atoms with E-state index in [1.807, 2.05) is 0 Å². The Hall–Kier alpha value is -0.650. The molecule has 2 fully saturated rings. The molecular weight excluding hydrogens is 216 g/mol. The zero-order valence-corrected chi connectivity index (χ0v) is 10.7. The largest absolute Gasteiger partial charge is 0.368 e. The zero-order chi connectivity index (χ0) is 12.5. The summed E-state index contributed by atoms with van der Waals surface area (Å²) in [5, 5.41) is 0. The maximum atomic E-state index is 11.3. The van der Waals surface area contributed by atoms with Crippen molar-refractivity contribution in [2.75, 3.05) is 32.7 Å². The highest BCUT2D eigenvalue weighted by Crippen LogP contribution is 2.21. The van der Waals surface area contributed by atoms with E-state index in [9.17, 15) is 4.79 Å². The van der Waals surface area contributed by atoms with Crippen LogP contribution in [0.4, 0.5) is 0 Å². The monoisotopic (exact) mass is 240 g/mol. The SMILES string of the molecule is CC(N)(CN1CCCN2CCCC2C1)C(N)=O. The molecule has 0 bridgehead atoms. The zero-order valence-electron chi connectivity index (χ0n) is 10.7. The predicted molar refractivity (Wildman–Crippen MR) is 67.4 cm³/mol. The van der Waals surface area contributed by atoms with Crippen LogP contribution < -0.4 is 11.5 Å². The molecule has 1 amide bonds. The number of hydrogen-bond donors (Lipinski definition) is 2. The molecule has 0 aromatic rings. The average molecular weight is 240 g/mol. The average Bonchev–Trinajstić information content (AvgIpc) is 2.57. The summed E-state index contributed by atoms with van der Waals surface area (Å²) in [6.07, 6.45) is 3.73. The van der Waals surface area contributed by atoms with Gasteiger partial charge >= 0.3 is 0 Å². The van der Waals surface area contributed by atoms with Gasteiger partial charge < -0.3 is 11.5 Å². The fourth-order valence-electron chi connectivity index (χ4n) is 2.97. The molecule has 0 aromatic heterocycles. The summed E-state index contributed by atoms with van der Waals surface area (Å²) in [7, 11) is 0. The van der Waals surface area contributed by atoms with Crippen LogP contribution >= 0.6 is 0 Å². The highest BCUT2D eigenvalue weighted by atomic mass is 16.1. The van der Waals surface area contributed by atoms with Crippen LogP contribution in [0.1, 0.15) is 26.2 Å². The number of nitrogens with zero attached hydrogens (tertiary/aromatic N) is 2. The van der Waals surface area contributed by atoms with E-state index in [4.69, 9.17) is 11.5 Å². The molecule has 0 aliphatic carbocycles. The second-order valence-electron chi connectivity index (χ2n) is 5.70. The number of rotatable bonds is 3. The van der Waals surface area contributed by atoms with Gasteiger partial charge in [0.25, 0.3) is 0 Å². The van der Waals surface area contributed by atoms with Crippen molar-refractivity contribution in [3.63, 3.8) is 0 Å². The predicted octanol–water partition coefficient (Wildman–Crippen LogP) is -0.641. The molecule has 2 unspecified atom stereocenters. The van der Waals surface area contributed by atoms with Crippen molar-refractivity contribution >= 4 is 5.91 Å². The van der Waals surface area contributed by atoms with Gasteiger partial charge in [0.05, 0.1) is 0 Å². The Morgan fingerprint density at radius 3 is 2.76 bits per heavy atom. The number of fused-ring (bicyclic) bond motifs is 1. The first kappa shape index (κ1) is 12.8. The van der Waals surface area contributed by atoms with Crippen molar-refractivity contribution < 1.29 is 4.79 Å². The first-order valence-electron chi connectivity index (χ1n) is 6.54. The molecule has 17 heavy (non-hydrogen) atoms. The van der Waals surface area contributed by atoms with Crippen molar-refractivity contribution in [3.8, 4) is 0 Å². The van der Waals surface area contributed by atoms with Crippen molar-refractivity contribution in [2.24, 2.45) is 11.5 Å². The van der Waals surface area contributed by atoms with Crippen LogP contribution in [-0.2, 0) is 4.79 Å². The summed E-state index contributed by atoms with van der Waals surface area (Å²) in [4.78, 5) is 16.1. The number of primary amides is 1. The summed E-state index contributed by atoms with van der Waals surface area (Å²) in [6.45, 7) is 6.76. The smallest absolute Gasteiger partial charge is 0.238 e. The summed E-state index contributed by atoms with van der Waals surface area (Å²) in [6, 6.07) is 0.654. The minimum absolute atomic E-state index is 0.412. The minimum Gasteiger partial charge on any atom is -0.368 e. The lowest BCUT2D eigenvalue weighted by atomic mass is 10.0. The Kier molecular flexibility index (Phi) is 3.70. The summed E-state index contributed by atoms with van der Waals surface area (Å²) in [5.41, 5.74) is 10.4. The molecule has 2 aliphatic rings. The van der Waals surface area contributed by atoms with Gasteiger partial charge in [-0.3, -0.25) is 14.6 Å². The topological polar surface area (TPSA) is 75.6 Å². The molecule has 5 heteroatoms. The van der Waals surface area contributed by atoms with E-state index >= 15 is 0 Å². The van der Waals surface area contributed by atoms with E-state index in [2.05, 4.69) is 9.80 Å². The van der Waals surface area contributed by atoms with E-state index in [0.717, 1.165) is 19.5 Å². The van der Waals surface area contributed by atoms with E-state index in [1.165, 1.54) is 25.9 Å². The van der Waals surface area contributed by atoms with Gasteiger partial charge in [-0.2, -0.15) is 0 Å². The van der Waals surface area contributed by atoms with Crippen molar-refractivity contribution in [1.29, 1.82) is 0 Å². The number of nitrogens with two attached hydrogens (primary N) is 2. The fraction of sp³-hybridized carbons (Fsp3) is 0.917. The first-order valence-corrected chi connectivity index (χ1v) is 6.54. The van der Waals surface area contributed by atoms with Gasteiger partial charge in [0.2, 0.25) is 5.91 Å². The van der Waals surface area contributed by atoms with E-state index in [-0.39, 0.29) is 0 Å². The van der Waals surface area contributed by atoms with Crippen LogP contribution in [0.3, 0.4) is 0 Å². The summed E-state index contributed by atoms with van der Waals surface area (Å²) >= 11 is 0. The Labute approximate surface area is 103 Å². The molecule has 2 heterocycles. The van der Waals surface area contributed by atoms with Crippen molar-refractivity contribution in [3.05, 3.63) is 0 Å². The molecule has 4 N–H and O–H groups in total. The molecule has 0 aromatic carbocycles. The molecular formula is C12H24N4O. The van der Waals surface area contributed by atoms with E-state index in [1.54, 1.807) is 6.92 Å². The van der Waals surface area contributed by atoms with Gasteiger partial charge in [-0.1, -0.05) is 0 Å². The van der Waals surface area contributed by atoms with Crippen LogP contribution in [0.5, 0.6) is 0 Å². The Morgan fingerprint density at radius 2 is 2.06 bits per heavy atom. The van der Waals surface area contributed by atoms with Crippen LogP contribution in [-0.4, -0.2) is 60.0 Å². The number of carbonyl (C=O) groups excluding carboxylic acids is 1. The highest BCUT2D eigenvalue weighted by molar-refractivity contribution is 5.84. The van der Waals surface area contributed by atoms with Gasteiger partial charge in [0, 0.05) is 19.1 Å². The third-order valence-electron chi connectivity index (χ3n) is 4.00. The molecule has 2 rings (SSSR count). The lowest BCUT2D eigenvalue weighted by Gasteiger charge is -2.31. The lowest BCUT2D eigenvalue weighted by Crippen LogP contribution is -2.57. The second-order valence-corrected chi connectivity index (χ2v) is 5.70. The third kappa shape index (κ3) is 2.97. The molecule has 98 valence electrons. The summed E-state index contributed by atoms with van der Waals surface area (Å²) in [5.74, 6) is -0.412. The maximum absolute atomic E-state index is 11.3. The highest BCUT2D eigenvalue weighted by Gasteiger charge is 2.33. The molecule has 0 spiro atoms. The lowest BCUT2D eigenvalue weighted by molar-refractivity contribution is -0.123. The Morgan fingerprint density at radius 1 is 1.35 bits per heavy atom. The van der Waals surface area contributed by atoms with Crippen LogP contribution in [0, 0.1) is 0 Å². The number of hydrogen-bond acceptors (Lipinski definition) is 4. The second kappa shape index (κ2) is 4.92. The molecule has 5 nitrogen and oxygen atoms in total. The maximum Gasteiger partial charge on any atom is 0.238 e. The third-order valence-corrected chi connectivity index (χ3v) is 4.00. The molecule has 0 radical (unpaired) electrons. The van der Waals surface area contributed by atoms with Gasteiger partial charge in [-0.05, 0) is 45.8 Å². The quantitative estimate of drug-likeness (QED) is 0.688. The Balaban J connectivity index is 1.95. The van der Waals surface area contributed by atoms with Gasteiger partial charge in [0.1, 0.15) is 5.54 Å². The van der Waals surface area contributed by atoms with E-state index in [0.29, 0.717) is 12.6 Å². The molecule has 0 saturated carbocycles. The number of amides is 1. The first-order chi connectivity index (χ1) is 7.99. The minimum atomic E-state index is -0.909. The van der Waals surface area contributed by atoms with Crippen LogP contribution in [0.25, 0.3) is 0 Å². The van der Waals surface area contributed by atoms with Gasteiger partial charge in [-0.25, -0.2) is 0 Å². The molecule has 2 atom stereocenters. The Bertz CT molecular complexity index is 292. The van der Waals surface area contributed by atoms with Crippen molar-refractivity contribution in [2.45, 2.75) is 37.8 Å². The molecule has 2 saturated heterocycles. The van der Waals surface area contributed by atoms with Gasteiger partial charge in [-0.15, -0.1) is 0 Å². The van der Waals surface area contributed by atoms with Crippen molar-refractivity contribution in [1.82, 2.24) is 9.80 Å². The summed E-state index contributed by atoms with van der Waals surface area (Å²) < 4.78 is 0. The van der Waals surface area contributed by atoms with Gasteiger partial charge in [0.15, 0.2) is 0 Å². The van der Waals surface area contributed by atoms with Crippen LogP contribution in [0.15, 0.2) is 0 Å². The molecule has 2 aliphatic heterocycles. The van der Waals surface area contributed by atoms with Crippen LogP contribution in [0.2, 0.25) is 0 Å². The van der Waals surface area contributed by atoms with E-state index < -0.39 is 11.4 Å². The normalized spacial score (nSPS) is 30.6. The standard InChI is InChI=1S/C12H24N4O/c1-12(14,11(13)17)9-15-5-3-7-16-6-2-4-10(16)8-15/h10H,2-9,14H2,1H3,(H2,13,17).